The lowest BCUT2D eigenvalue weighted by atomic mass is 10.2. The van der Waals surface area contributed by atoms with Crippen LogP contribution in [0.25, 0.3) is 0 Å². The van der Waals surface area contributed by atoms with Crippen molar-refractivity contribution < 1.29 is 14.3 Å². The zero-order chi connectivity index (χ0) is 15.1. The van der Waals surface area contributed by atoms with Crippen molar-refractivity contribution in [3.63, 3.8) is 0 Å². The summed E-state index contributed by atoms with van der Waals surface area (Å²) in [7, 11) is 0. The maximum Gasteiger partial charge on any atom is 0.258 e. The summed E-state index contributed by atoms with van der Waals surface area (Å²) >= 11 is 5.94. The van der Waals surface area contributed by atoms with E-state index in [1.54, 1.807) is 12.1 Å². The van der Waals surface area contributed by atoms with Gasteiger partial charge in [-0.1, -0.05) is 17.7 Å². The van der Waals surface area contributed by atoms with Gasteiger partial charge >= 0.3 is 0 Å². The summed E-state index contributed by atoms with van der Waals surface area (Å²) in [6.45, 7) is 5.35. The zero-order valence-corrected chi connectivity index (χ0v) is 12.6. The van der Waals surface area contributed by atoms with Crippen LogP contribution in [0.2, 0.25) is 5.02 Å². The molecule has 6 heteroatoms. The van der Waals surface area contributed by atoms with E-state index in [0.717, 1.165) is 5.56 Å². The van der Waals surface area contributed by atoms with Gasteiger partial charge in [0.2, 0.25) is 5.91 Å². The van der Waals surface area contributed by atoms with Gasteiger partial charge in [-0.15, -0.1) is 0 Å². The van der Waals surface area contributed by atoms with Gasteiger partial charge in [-0.05, 0) is 38.5 Å². The van der Waals surface area contributed by atoms with Gasteiger partial charge in [0.1, 0.15) is 5.75 Å². The normalized spacial score (nSPS) is 10.2. The van der Waals surface area contributed by atoms with Crippen molar-refractivity contribution in [2.45, 2.75) is 26.8 Å². The van der Waals surface area contributed by atoms with Gasteiger partial charge in [-0.3, -0.25) is 9.59 Å². The molecule has 0 aliphatic carbocycles. The van der Waals surface area contributed by atoms with Crippen LogP contribution in [-0.4, -0.2) is 31.0 Å². The minimum atomic E-state index is -0.374. The largest absolute Gasteiger partial charge is 0.482 e. The first-order valence-electron chi connectivity index (χ1n) is 6.33. The molecule has 0 radical (unpaired) electrons. The zero-order valence-electron chi connectivity index (χ0n) is 11.8. The maximum atomic E-state index is 11.5. The number of amides is 2. The topological polar surface area (TPSA) is 67.4 Å². The minimum Gasteiger partial charge on any atom is -0.482 e. The highest BCUT2D eigenvalue weighted by Crippen LogP contribution is 2.24. The van der Waals surface area contributed by atoms with Crippen LogP contribution >= 0.6 is 11.6 Å². The van der Waals surface area contributed by atoms with Gasteiger partial charge in [-0.2, -0.15) is 0 Å². The number of halogens is 1. The molecule has 0 saturated heterocycles. The Morgan fingerprint density at radius 3 is 2.65 bits per heavy atom. The summed E-state index contributed by atoms with van der Waals surface area (Å²) in [5.74, 6) is -0.156. The van der Waals surface area contributed by atoms with Crippen LogP contribution in [0.1, 0.15) is 19.4 Å². The second-order valence-electron chi connectivity index (χ2n) is 4.72. The van der Waals surface area contributed by atoms with E-state index < -0.39 is 0 Å². The predicted octanol–water partition coefficient (Wildman–Crippen LogP) is 1.67. The summed E-state index contributed by atoms with van der Waals surface area (Å²) in [5, 5.41) is 5.59. The van der Waals surface area contributed by atoms with Crippen molar-refractivity contribution >= 4 is 23.4 Å². The lowest BCUT2D eigenvalue weighted by Crippen LogP contribution is -2.41. The lowest BCUT2D eigenvalue weighted by Gasteiger charge is -2.11. The van der Waals surface area contributed by atoms with Crippen molar-refractivity contribution in [3.05, 3.63) is 28.8 Å². The molecule has 0 saturated carbocycles. The maximum absolute atomic E-state index is 11.5. The molecule has 1 aromatic carbocycles. The van der Waals surface area contributed by atoms with Gasteiger partial charge < -0.3 is 15.4 Å². The van der Waals surface area contributed by atoms with E-state index in [9.17, 15) is 9.59 Å². The summed E-state index contributed by atoms with van der Waals surface area (Å²) < 4.78 is 5.32. The second kappa shape index (κ2) is 7.75. The molecule has 0 unspecified atom stereocenters. The van der Waals surface area contributed by atoms with Crippen LogP contribution in [0.4, 0.5) is 0 Å². The Bertz CT molecular complexity index is 489. The molecule has 1 rings (SSSR count). The molecule has 0 aliphatic rings. The molecule has 0 atom stereocenters. The lowest BCUT2D eigenvalue weighted by molar-refractivity contribution is -0.127. The Morgan fingerprint density at radius 2 is 2.00 bits per heavy atom. The van der Waals surface area contributed by atoms with Gasteiger partial charge in [-0.25, -0.2) is 0 Å². The number of benzene rings is 1. The monoisotopic (exact) mass is 298 g/mol. The standard InChI is InChI=1S/C14H19ClN2O3/c1-9(2)17-13(18)7-16-14(19)8-20-12-6-10(3)4-5-11(12)15/h4-6,9H,7-8H2,1-3H3,(H,16,19)(H,17,18). The number of carbonyl (C=O) groups is 2. The number of hydrogen-bond acceptors (Lipinski definition) is 3. The molecule has 0 spiro atoms. The van der Waals surface area contributed by atoms with E-state index in [0.29, 0.717) is 10.8 Å². The molecule has 0 heterocycles. The Hall–Kier alpha value is -1.75. The van der Waals surface area contributed by atoms with Crippen molar-refractivity contribution in [1.29, 1.82) is 0 Å². The molecule has 5 nitrogen and oxygen atoms in total. The van der Waals surface area contributed by atoms with Gasteiger partial charge in [0, 0.05) is 6.04 Å². The quantitative estimate of drug-likeness (QED) is 0.839. The number of rotatable bonds is 6. The van der Waals surface area contributed by atoms with Crippen molar-refractivity contribution in [2.75, 3.05) is 13.2 Å². The van der Waals surface area contributed by atoms with Crippen molar-refractivity contribution in [3.8, 4) is 5.75 Å². The molecule has 1 aromatic rings. The minimum absolute atomic E-state index is 0.0433. The third kappa shape index (κ3) is 5.93. The Kier molecular flexibility index (Phi) is 6.31. The third-order valence-electron chi connectivity index (χ3n) is 2.34. The van der Waals surface area contributed by atoms with E-state index in [1.165, 1.54) is 0 Å². The van der Waals surface area contributed by atoms with Crippen molar-refractivity contribution in [2.24, 2.45) is 0 Å². The van der Waals surface area contributed by atoms with E-state index in [-0.39, 0.29) is 31.0 Å². The molecular weight excluding hydrogens is 280 g/mol. The summed E-state index contributed by atoms with van der Waals surface area (Å²) in [5.41, 5.74) is 0.987. The summed E-state index contributed by atoms with van der Waals surface area (Å²) in [4.78, 5) is 22.9. The molecule has 0 bridgehead atoms. The molecule has 20 heavy (non-hydrogen) atoms. The number of carbonyl (C=O) groups excluding carboxylic acids is 2. The fraction of sp³-hybridized carbons (Fsp3) is 0.429. The summed E-state index contributed by atoms with van der Waals surface area (Å²) in [6, 6.07) is 5.36. The Morgan fingerprint density at radius 1 is 1.30 bits per heavy atom. The molecule has 0 aliphatic heterocycles. The summed E-state index contributed by atoms with van der Waals surface area (Å²) in [6.07, 6.45) is 0. The third-order valence-corrected chi connectivity index (χ3v) is 2.65. The van der Waals surface area contributed by atoms with Crippen LogP contribution in [-0.2, 0) is 9.59 Å². The highest BCUT2D eigenvalue weighted by Gasteiger charge is 2.08. The molecule has 0 aromatic heterocycles. The van der Waals surface area contributed by atoms with Gasteiger partial charge in [0.05, 0.1) is 11.6 Å². The molecule has 2 N–H and O–H groups in total. The highest BCUT2D eigenvalue weighted by molar-refractivity contribution is 6.32. The van der Waals surface area contributed by atoms with Gasteiger partial charge in [0.25, 0.3) is 5.91 Å². The van der Waals surface area contributed by atoms with Crippen LogP contribution in [0.15, 0.2) is 18.2 Å². The van der Waals surface area contributed by atoms with Crippen molar-refractivity contribution in [1.82, 2.24) is 10.6 Å². The highest BCUT2D eigenvalue weighted by atomic mass is 35.5. The fourth-order valence-corrected chi connectivity index (χ4v) is 1.64. The van der Waals surface area contributed by atoms with E-state index in [1.807, 2.05) is 26.8 Å². The average molecular weight is 299 g/mol. The van der Waals surface area contributed by atoms with E-state index in [2.05, 4.69) is 10.6 Å². The molecule has 0 fully saturated rings. The average Bonchev–Trinajstić information content (AvgIpc) is 2.36. The number of nitrogens with one attached hydrogen (secondary N) is 2. The van der Waals surface area contributed by atoms with E-state index >= 15 is 0 Å². The van der Waals surface area contributed by atoms with Gasteiger partial charge in [0.15, 0.2) is 6.61 Å². The first-order chi connectivity index (χ1) is 9.38. The number of aryl methyl sites for hydroxylation is 1. The molecule has 110 valence electrons. The first kappa shape index (κ1) is 16.3. The van der Waals surface area contributed by atoms with Crippen LogP contribution < -0.4 is 15.4 Å². The molecular formula is C14H19ClN2O3. The Labute approximate surface area is 123 Å². The fourth-order valence-electron chi connectivity index (χ4n) is 1.47. The number of ether oxygens (including phenoxy) is 1. The first-order valence-corrected chi connectivity index (χ1v) is 6.71. The van der Waals surface area contributed by atoms with Crippen LogP contribution in [0.5, 0.6) is 5.75 Å². The van der Waals surface area contributed by atoms with Crippen LogP contribution in [0, 0.1) is 6.92 Å². The molecule has 2 amide bonds. The van der Waals surface area contributed by atoms with Crippen LogP contribution in [0.3, 0.4) is 0 Å². The predicted molar refractivity (Wildman–Crippen MR) is 78.0 cm³/mol. The number of hydrogen-bond donors (Lipinski definition) is 2. The SMILES string of the molecule is Cc1ccc(Cl)c(OCC(=O)NCC(=O)NC(C)C)c1. The Balaban J connectivity index is 2.36. The smallest absolute Gasteiger partial charge is 0.258 e. The van der Waals surface area contributed by atoms with E-state index in [4.69, 9.17) is 16.3 Å². The second-order valence-corrected chi connectivity index (χ2v) is 5.13.